The van der Waals surface area contributed by atoms with Gasteiger partial charge in [-0.3, -0.25) is 9.48 Å². The Labute approximate surface area is 169 Å². The van der Waals surface area contributed by atoms with Crippen molar-refractivity contribution in [1.82, 2.24) is 15.1 Å². The molecule has 0 aliphatic carbocycles. The molecule has 1 aromatic carbocycles. The molecule has 2 heterocycles. The summed E-state index contributed by atoms with van der Waals surface area (Å²) in [6.07, 6.45) is 3.57. The van der Waals surface area contributed by atoms with Crippen LogP contribution in [0.25, 0.3) is 6.08 Å². The minimum Gasteiger partial charge on any atom is -0.376 e. The highest BCUT2D eigenvalue weighted by Crippen LogP contribution is 2.21. The van der Waals surface area contributed by atoms with E-state index >= 15 is 0 Å². The molecule has 146 valence electrons. The first kappa shape index (κ1) is 20.1. The molecule has 1 aromatic heterocycles. The number of hydrogen-bond acceptors (Lipinski definition) is 4. The second-order valence-electron chi connectivity index (χ2n) is 6.85. The molecule has 3 rings (SSSR count). The minimum absolute atomic E-state index is 0.0331. The van der Waals surface area contributed by atoms with Gasteiger partial charge in [0.25, 0.3) is 5.91 Å². The quantitative estimate of drug-likeness (QED) is 0.597. The number of benzene rings is 1. The van der Waals surface area contributed by atoms with Gasteiger partial charge in [-0.2, -0.15) is 10.4 Å². The van der Waals surface area contributed by atoms with Crippen molar-refractivity contribution in [2.45, 2.75) is 39.3 Å². The molecule has 0 unspecified atom stereocenters. The first-order valence-electron chi connectivity index (χ1n) is 9.28. The summed E-state index contributed by atoms with van der Waals surface area (Å²) in [6, 6.07) is 9.61. The largest absolute Gasteiger partial charge is 0.376 e. The Balaban J connectivity index is 1.77. The molecule has 6 nitrogen and oxygen atoms in total. The Morgan fingerprint density at radius 3 is 2.93 bits per heavy atom. The van der Waals surface area contributed by atoms with Crippen LogP contribution in [0.15, 0.2) is 29.8 Å². The molecule has 0 bridgehead atoms. The van der Waals surface area contributed by atoms with E-state index in [2.05, 4.69) is 10.4 Å². The van der Waals surface area contributed by atoms with Crippen LogP contribution in [-0.2, 0) is 16.1 Å². The zero-order chi connectivity index (χ0) is 20.1. The van der Waals surface area contributed by atoms with Gasteiger partial charge in [-0.05, 0) is 44.4 Å². The fourth-order valence-electron chi connectivity index (χ4n) is 3.26. The molecule has 1 aliphatic heterocycles. The summed E-state index contributed by atoms with van der Waals surface area (Å²) < 4.78 is 7.34. The van der Waals surface area contributed by atoms with Crippen LogP contribution in [-0.4, -0.2) is 34.9 Å². The maximum atomic E-state index is 12.4. The Bertz CT molecular complexity index is 936. The fourth-order valence-corrected chi connectivity index (χ4v) is 3.46. The van der Waals surface area contributed by atoms with Crippen LogP contribution in [0.3, 0.4) is 0 Å². The van der Waals surface area contributed by atoms with Crippen molar-refractivity contribution in [3.8, 4) is 6.07 Å². The lowest BCUT2D eigenvalue weighted by Gasteiger charge is -2.10. The van der Waals surface area contributed by atoms with Crippen LogP contribution < -0.4 is 5.32 Å². The SMILES string of the molecule is Cc1nn(Cc2ccccc2Cl)c(C)c1/C=C(\C#N)C(=O)NC[C@H]1CCCO1. The smallest absolute Gasteiger partial charge is 0.262 e. The van der Waals surface area contributed by atoms with E-state index in [4.69, 9.17) is 16.3 Å². The van der Waals surface area contributed by atoms with Crippen molar-refractivity contribution in [3.63, 3.8) is 0 Å². The summed E-state index contributed by atoms with van der Waals surface area (Å²) >= 11 is 6.25. The van der Waals surface area contributed by atoms with Gasteiger partial charge in [0.2, 0.25) is 0 Å². The van der Waals surface area contributed by atoms with Gasteiger partial charge in [0.15, 0.2) is 0 Å². The van der Waals surface area contributed by atoms with Gasteiger partial charge in [-0.15, -0.1) is 0 Å². The van der Waals surface area contributed by atoms with Crippen LogP contribution in [0.2, 0.25) is 5.02 Å². The highest BCUT2D eigenvalue weighted by atomic mass is 35.5. The number of rotatable bonds is 6. The van der Waals surface area contributed by atoms with Crippen LogP contribution in [0.5, 0.6) is 0 Å². The first-order valence-corrected chi connectivity index (χ1v) is 9.66. The summed E-state index contributed by atoms with van der Waals surface area (Å²) in [5.74, 6) is -0.393. The number of hydrogen-bond donors (Lipinski definition) is 1. The molecule has 0 saturated carbocycles. The molecular formula is C21H23ClN4O2. The monoisotopic (exact) mass is 398 g/mol. The summed E-state index contributed by atoms with van der Waals surface area (Å²) in [7, 11) is 0. The van der Waals surface area contributed by atoms with E-state index in [0.29, 0.717) is 18.1 Å². The van der Waals surface area contributed by atoms with E-state index in [1.165, 1.54) is 0 Å². The van der Waals surface area contributed by atoms with Gasteiger partial charge in [0.1, 0.15) is 11.6 Å². The second kappa shape index (κ2) is 9.05. The molecule has 1 atom stereocenters. The van der Waals surface area contributed by atoms with E-state index in [1.807, 2.05) is 48.9 Å². The van der Waals surface area contributed by atoms with Crippen molar-refractivity contribution in [2.24, 2.45) is 0 Å². The van der Waals surface area contributed by atoms with E-state index in [9.17, 15) is 10.1 Å². The number of carbonyl (C=O) groups excluding carboxylic acids is 1. The second-order valence-corrected chi connectivity index (χ2v) is 7.26. The average Bonchev–Trinajstić information content (AvgIpc) is 3.29. The number of aromatic nitrogens is 2. The van der Waals surface area contributed by atoms with Gasteiger partial charge in [0, 0.05) is 29.4 Å². The average molecular weight is 399 g/mol. The molecule has 2 aromatic rings. The zero-order valence-corrected chi connectivity index (χ0v) is 16.8. The lowest BCUT2D eigenvalue weighted by Crippen LogP contribution is -2.32. The van der Waals surface area contributed by atoms with Crippen molar-refractivity contribution in [1.29, 1.82) is 5.26 Å². The predicted octanol–water partition coefficient (Wildman–Crippen LogP) is 3.40. The van der Waals surface area contributed by atoms with Crippen molar-refractivity contribution >= 4 is 23.6 Å². The van der Waals surface area contributed by atoms with E-state index in [-0.39, 0.29) is 11.7 Å². The van der Waals surface area contributed by atoms with Crippen molar-refractivity contribution < 1.29 is 9.53 Å². The van der Waals surface area contributed by atoms with Crippen LogP contribution in [0, 0.1) is 25.2 Å². The van der Waals surface area contributed by atoms with Gasteiger partial charge >= 0.3 is 0 Å². The molecule has 0 spiro atoms. The number of nitrogens with zero attached hydrogens (tertiary/aromatic N) is 3. The third-order valence-electron chi connectivity index (χ3n) is 4.88. The molecule has 1 amide bonds. The molecule has 1 fully saturated rings. The minimum atomic E-state index is -0.393. The molecule has 1 N–H and O–H groups in total. The highest BCUT2D eigenvalue weighted by molar-refractivity contribution is 6.31. The van der Waals surface area contributed by atoms with Gasteiger partial charge in [-0.25, -0.2) is 0 Å². The standard InChI is InChI=1S/C21H23ClN4O2/c1-14-19(10-17(11-23)21(27)24-12-18-7-5-9-28-18)15(2)26(25-14)13-16-6-3-4-8-20(16)22/h3-4,6,8,10,18H,5,7,9,12-13H2,1-2H3,(H,24,27)/b17-10+/t18-/m1/s1. The third-order valence-corrected chi connectivity index (χ3v) is 5.25. The lowest BCUT2D eigenvalue weighted by molar-refractivity contribution is -0.117. The summed E-state index contributed by atoms with van der Waals surface area (Å²) in [5, 5.41) is 17.5. The maximum Gasteiger partial charge on any atom is 0.262 e. The van der Waals surface area contributed by atoms with Crippen LogP contribution in [0.1, 0.15) is 35.4 Å². The fraction of sp³-hybridized carbons (Fsp3) is 0.381. The number of carbonyl (C=O) groups is 1. The number of nitriles is 1. The number of amides is 1. The van der Waals surface area contributed by atoms with Gasteiger partial charge in [-0.1, -0.05) is 29.8 Å². The molecule has 1 saturated heterocycles. The van der Waals surface area contributed by atoms with Crippen LogP contribution in [0.4, 0.5) is 0 Å². The highest BCUT2D eigenvalue weighted by Gasteiger charge is 2.19. The van der Waals surface area contributed by atoms with Gasteiger partial charge in [0.05, 0.1) is 18.3 Å². The predicted molar refractivity (Wildman–Crippen MR) is 108 cm³/mol. The normalized spacial score (nSPS) is 16.8. The van der Waals surface area contributed by atoms with Crippen molar-refractivity contribution in [3.05, 3.63) is 57.4 Å². The Morgan fingerprint density at radius 2 is 2.25 bits per heavy atom. The Hall–Kier alpha value is -2.62. The number of nitrogens with one attached hydrogen (secondary N) is 1. The molecule has 1 aliphatic rings. The molecule has 28 heavy (non-hydrogen) atoms. The molecule has 7 heteroatoms. The first-order chi connectivity index (χ1) is 13.5. The molecule has 0 radical (unpaired) electrons. The number of aryl methyl sites for hydroxylation is 1. The Kier molecular flexibility index (Phi) is 6.50. The molecular weight excluding hydrogens is 376 g/mol. The summed E-state index contributed by atoms with van der Waals surface area (Å²) in [5.41, 5.74) is 3.42. The van der Waals surface area contributed by atoms with Crippen molar-refractivity contribution in [2.75, 3.05) is 13.2 Å². The van der Waals surface area contributed by atoms with E-state index in [0.717, 1.165) is 42.0 Å². The van der Waals surface area contributed by atoms with Gasteiger partial charge < -0.3 is 10.1 Å². The maximum absolute atomic E-state index is 12.4. The zero-order valence-electron chi connectivity index (χ0n) is 16.0. The Morgan fingerprint density at radius 1 is 1.46 bits per heavy atom. The van der Waals surface area contributed by atoms with E-state index < -0.39 is 5.91 Å². The lowest BCUT2D eigenvalue weighted by atomic mass is 10.1. The number of ether oxygens (including phenoxy) is 1. The topological polar surface area (TPSA) is 79.9 Å². The third kappa shape index (κ3) is 4.61. The van der Waals surface area contributed by atoms with Crippen LogP contribution >= 0.6 is 11.6 Å². The summed E-state index contributed by atoms with van der Waals surface area (Å²) in [4.78, 5) is 12.4. The summed E-state index contributed by atoms with van der Waals surface area (Å²) in [6.45, 7) is 5.45. The number of halogens is 1. The van der Waals surface area contributed by atoms with E-state index in [1.54, 1.807) is 6.08 Å².